The Kier molecular flexibility index (Phi) is 3.67. The van der Waals surface area contributed by atoms with Gasteiger partial charge >= 0.3 is 0 Å². The molecule has 1 amide bonds. The molecule has 0 aromatic carbocycles. The van der Waals surface area contributed by atoms with Crippen LogP contribution in [0.4, 0.5) is 0 Å². The third kappa shape index (κ3) is 2.79. The fraction of sp³-hybridized carbons (Fsp3) is 0.875. The summed E-state index contributed by atoms with van der Waals surface area (Å²) in [6.07, 6.45) is 0. The summed E-state index contributed by atoms with van der Waals surface area (Å²) in [5.41, 5.74) is 6.81. The zero-order chi connectivity index (χ0) is 9.94. The molecule has 0 aliphatic rings. The van der Waals surface area contributed by atoms with Crippen molar-refractivity contribution < 1.29 is 10.0 Å². The largest absolute Gasteiger partial charge is 0.325 e. The molecule has 0 aliphatic carbocycles. The van der Waals surface area contributed by atoms with Crippen LogP contribution >= 0.6 is 0 Å². The van der Waals surface area contributed by atoms with E-state index in [4.69, 9.17) is 10.9 Å². The van der Waals surface area contributed by atoms with Crippen LogP contribution in [0.2, 0.25) is 0 Å². The fourth-order valence-electron chi connectivity index (χ4n) is 1.57. The number of hydrogen-bond acceptors (Lipinski definition) is 3. The van der Waals surface area contributed by atoms with E-state index in [2.05, 4.69) is 0 Å². The van der Waals surface area contributed by atoms with Gasteiger partial charge in [0, 0.05) is 5.54 Å². The van der Waals surface area contributed by atoms with E-state index in [1.165, 1.54) is 0 Å². The van der Waals surface area contributed by atoms with Crippen LogP contribution in [0.3, 0.4) is 0 Å². The molecule has 0 radical (unpaired) electrons. The molecule has 4 heteroatoms. The number of carbonyl (C=O) groups is 1. The molecular formula is C8H18N2O2. The number of nitrogens with one attached hydrogen (secondary N) is 1. The Balaban J connectivity index is 4.56. The minimum Gasteiger partial charge on any atom is -0.325 e. The highest BCUT2D eigenvalue weighted by molar-refractivity contribution is 5.79. The van der Waals surface area contributed by atoms with E-state index in [0.29, 0.717) is 0 Å². The van der Waals surface area contributed by atoms with Crippen molar-refractivity contribution in [2.75, 3.05) is 0 Å². The number of nitrogens with two attached hydrogens (primary N) is 1. The smallest absolute Gasteiger partial charge is 0.248 e. The Morgan fingerprint density at radius 2 is 1.92 bits per heavy atom. The van der Waals surface area contributed by atoms with Crippen LogP contribution in [-0.4, -0.2) is 16.7 Å². The Hall–Kier alpha value is -0.610. The second-order valence-electron chi connectivity index (χ2n) is 4.02. The van der Waals surface area contributed by atoms with Gasteiger partial charge in [-0.2, -0.15) is 0 Å². The fourth-order valence-corrected chi connectivity index (χ4v) is 1.57. The SMILES string of the molecule is CC(C)C(C(=O)NO)C(C)(C)N. The van der Waals surface area contributed by atoms with Gasteiger partial charge in [-0.3, -0.25) is 10.0 Å². The minimum absolute atomic E-state index is 0.108. The first-order valence-corrected chi connectivity index (χ1v) is 4.03. The maximum absolute atomic E-state index is 11.2. The summed E-state index contributed by atoms with van der Waals surface area (Å²) in [7, 11) is 0. The molecule has 0 heterocycles. The van der Waals surface area contributed by atoms with Gasteiger partial charge in [0.2, 0.25) is 5.91 Å². The summed E-state index contributed by atoms with van der Waals surface area (Å²) < 4.78 is 0. The van der Waals surface area contributed by atoms with Crippen LogP contribution in [0.25, 0.3) is 0 Å². The van der Waals surface area contributed by atoms with Crippen LogP contribution in [0.5, 0.6) is 0 Å². The topological polar surface area (TPSA) is 75.3 Å². The molecule has 0 rings (SSSR count). The highest BCUT2D eigenvalue weighted by atomic mass is 16.5. The van der Waals surface area contributed by atoms with Gasteiger partial charge in [-0.15, -0.1) is 0 Å². The van der Waals surface area contributed by atoms with E-state index in [1.54, 1.807) is 19.3 Å². The lowest BCUT2D eigenvalue weighted by Crippen LogP contribution is -2.50. The molecule has 0 saturated carbocycles. The van der Waals surface area contributed by atoms with Crippen molar-refractivity contribution in [3.8, 4) is 0 Å². The van der Waals surface area contributed by atoms with E-state index in [1.807, 2.05) is 13.8 Å². The van der Waals surface area contributed by atoms with Crippen molar-refractivity contribution in [3.05, 3.63) is 0 Å². The lowest BCUT2D eigenvalue weighted by molar-refractivity contribution is -0.136. The number of rotatable bonds is 3. The molecule has 4 N–H and O–H groups in total. The molecule has 4 nitrogen and oxygen atoms in total. The first-order chi connectivity index (χ1) is 5.30. The van der Waals surface area contributed by atoms with Crippen molar-refractivity contribution in [2.24, 2.45) is 17.6 Å². The molecular weight excluding hydrogens is 156 g/mol. The van der Waals surface area contributed by atoms with Crippen molar-refractivity contribution in [2.45, 2.75) is 33.2 Å². The highest BCUT2D eigenvalue weighted by Crippen LogP contribution is 2.22. The second kappa shape index (κ2) is 3.87. The maximum Gasteiger partial charge on any atom is 0.248 e. The van der Waals surface area contributed by atoms with E-state index in [9.17, 15) is 4.79 Å². The Morgan fingerprint density at radius 3 is 2.00 bits per heavy atom. The molecule has 12 heavy (non-hydrogen) atoms. The van der Waals surface area contributed by atoms with Gasteiger partial charge in [-0.25, -0.2) is 5.48 Å². The average Bonchev–Trinajstić information content (AvgIpc) is 1.83. The monoisotopic (exact) mass is 174 g/mol. The third-order valence-electron chi connectivity index (χ3n) is 1.86. The Bertz CT molecular complexity index is 161. The van der Waals surface area contributed by atoms with Gasteiger partial charge in [0.15, 0.2) is 0 Å². The summed E-state index contributed by atoms with van der Waals surface area (Å²) in [4.78, 5) is 11.2. The molecule has 0 aliphatic heterocycles. The highest BCUT2D eigenvalue weighted by Gasteiger charge is 2.34. The van der Waals surface area contributed by atoms with Gasteiger partial charge in [0.05, 0.1) is 5.92 Å². The van der Waals surface area contributed by atoms with E-state index < -0.39 is 11.4 Å². The van der Waals surface area contributed by atoms with Crippen LogP contribution in [0.15, 0.2) is 0 Å². The molecule has 0 aromatic heterocycles. The van der Waals surface area contributed by atoms with Gasteiger partial charge < -0.3 is 5.73 Å². The molecule has 0 saturated heterocycles. The summed E-state index contributed by atoms with van der Waals surface area (Å²) in [6, 6.07) is 0. The lowest BCUT2D eigenvalue weighted by Gasteiger charge is -2.31. The molecule has 1 unspecified atom stereocenters. The Labute approximate surface area is 73.1 Å². The molecule has 0 bridgehead atoms. The van der Waals surface area contributed by atoms with Crippen LogP contribution < -0.4 is 11.2 Å². The summed E-state index contributed by atoms with van der Waals surface area (Å²) in [5.74, 6) is -0.683. The van der Waals surface area contributed by atoms with Crippen LogP contribution in [-0.2, 0) is 4.79 Å². The number of amides is 1. The number of carbonyl (C=O) groups excluding carboxylic acids is 1. The number of hydroxylamine groups is 1. The normalized spacial score (nSPS) is 14.6. The van der Waals surface area contributed by atoms with Gasteiger partial charge in [-0.1, -0.05) is 13.8 Å². The number of hydrogen-bond donors (Lipinski definition) is 3. The summed E-state index contributed by atoms with van der Waals surface area (Å²) >= 11 is 0. The van der Waals surface area contributed by atoms with Crippen molar-refractivity contribution in [1.29, 1.82) is 0 Å². The van der Waals surface area contributed by atoms with Gasteiger partial charge in [0.1, 0.15) is 0 Å². The average molecular weight is 174 g/mol. The van der Waals surface area contributed by atoms with Crippen molar-refractivity contribution in [3.63, 3.8) is 0 Å². The standard InChI is InChI=1S/C8H18N2O2/c1-5(2)6(7(11)10-12)8(3,4)9/h5-6,12H,9H2,1-4H3,(H,10,11). The quantitative estimate of drug-likeness (QED) is 0.431. The molecule has 0 fully saturated rings. The van der Waals surface area contributed by atoms with E-state index in [-0.39, 0.29) is 11.8 Å². The third-order valence-corrected chi connectivity index (χ3v) is 1.86. The van der Waals surface area contributed by atoms with E-state index >= 15 is 0 Å². The predicted molar refractivity (Wildman–Crippen MR) is 46.5 cm³/mol. The van der Waals surface area contributed by atoms with Crippen molar-refractivity contribution >= 4 is 5.91 Å². The Morgan fingerprint density at radius 1 is 1.50 bits per heavy atom. The summed E-state index contributed by atoms with van der Waals surface area (Å²) in [6.45, 7) is 7.34. The zero-order valence-corrected chi connectivity index (χ0v) is 8.09. The van der Waals surface area contributed by atoms with E-state index in [0.717, 1.165) is 0 Å². The van der Waals surface area contributed by atoms with Crippen LogP contribution in [0, 0.1) is 11.8 Å². The minimum atomic E-state index is -0.610. The van der Waals surface area contributed by atoms with Gasteiger partial charge in [-0.05, 0) is 19.8 Å². The van der Waals surface area contributed by atoms with Crippen molar-refractivity contribution in [1.82, 2.24) is 5.48 Å². The lowest BCUT2D eigenvalue weighted by atomic mass is 9.80. The molecule has 1 atom stereocenters. The zero-order valence-electron chi connectivity index (χ0n) is 8.09. The maximum atomic E-state index is 11.2. The van der Waals surface area contributed by atoms with Gasteiger partial charge in [0.25, 0.3) is 0 Å². The summed E-state index contributed by atoms with van der Waals surface area (Å²) in [5, 5.41) is 8.46. The molecule has 72 valence electrons. The second-order valence-corrected chi connectivity index (χ2v) is 4.02. The first-order valence-electron chi connectivity index (χ1n) is 4.03. The predicted octanol–water partition coefficient (Wildman–Crippen LogP) is 0.501. The molecule has 0 aromatic rings. The molecule has 0 spiro atoms. The first kappa shape index (κ1) is 11.4. The van der Waals surface area contributed by atoms with Crippen LogP contribution in [0.1, 0.15) is 27.7 Å².